The summed E-state index contributed by atoms with van der Waals surface area (Å²) < 4.78 is 40.4. The predicted octanol–water partition coefficient (Wildman–Crippen LogP) is 5.31. The smallest absolute Gasteiger partial charge is 0.294 e. The Labute approximate surface area is 155 Å². The molecule has 1 fully saturated rings. The Balaban J connectivity index is 1.88. The fourth-order valence-corrected chi connectivity index (χ4v) is 4.70. The number of carbonyl (C=O) groups excluding carboxylic acids is 1. The third-order valence-electron chi connectivity index (χ3n) is 5.88. The third-order valence-corrected chi connectivity index (χ3v) is 5.88. The van der Waals surface area contributed by atoms with Crippen LogP contribution in [-0.2, 0) is 11.0 Å². The van der Waals surface area contributed by atoms with Crippen LogP contribution in [0.5, 0.6) is 0 Å². The molecule has 6 heteroatoms. The highest BCUT2D eigenvalue weighted by Gasteiger charge is 2.42. The molecule has 0 aromatic heterocycles. The lowest BCUT2D eigenvalue weighted by Gasteiger charge is -2.39. The summed E-state index contributed by atoms with van der Waals surface area (Å²) in [6, 6.07) is 5.53. The molecule has 3 aliphatic rings. The van der Waals surface area contributed by atoms with E-state index in [-0.39, 0.29) is 23.2 Å². The summed E-state index contributed by atoms with van der Waals surface area (Å²) in [5.74, 6) is -0.393. The molecule has 140 valence electrons. The van der Waals surface area contributed by atoms with Crippen molar-refractivity contribution in [3.63, 3.8) is 0 Å². The van der Waals surface area contributed by atoms with E-state index in [0.717, 1.165) is 49.6 Å². The second-order valence-corrected chi connectivity index (χ2v) is 7.48. The zero-order chi connectivity index (χ0) is 19.2. The van der Waals surface area contributed by atoms with Gasteiger partial charge in [0.15, 0.2) is 5.78 Å². The number of nitriles is 1. The van der Waals surface area contributed by atoms with Gasteiger partial charge in [-0.25, -0.2) is 0 Å². The van der Waals surface area contributed by atoms with E-state index in [1.54, 1.807) is 12.1 Å². The van der Waals surface area contributed by atoms with Crippen molar-refractivity contribution in [1.82, 2.24) is 0 Å². The molecule has 1 heterocycles. The van der Waals surface area contributed by atoms with E-state index in [1.807, 2.05) is 0 Å². The molecule has 0 radical (unpaired) electrons. The standard InChI is InChI=1S/C21H19F3N2O/c22-21(23,24)15-10-12(8-9-13(15)11-25)19-14-4-1-2-5-16(14)26-17-6-3-7-18(27)20(17)19/h8-10,14,19H,1-7H2. The lowest BCUT2D eigenvalue weighted by molar-refractivity contribution is -0.137. The Morgan fingerprint density at radius 3 is 2.67 bits per heavy atom. The van der Waals surface area contributed by atoms with E-state index >= 15 is 0 Å². The fraction of sp³-hybridized carbons (Fsp3) is 0.476. The van der Waals surface area contributed by atoms with E-state index < -0.39 is 11.7 Å². The van der Waals surface area contributed by atoms with Crippen LogP contribution in [0.15, 0.2) is 34.5 Å². The molecular weight excluding hydrogens is 353 g/mol. The molecule has 0 bridgehead atoms. The average Bonchev–Trinajstić information content (AvgIpc) is 2.65. The highest BCUT2D eigenvalue weighted by Crippen LogP contribution is 2.48. The van der Waals surface area contributed by atoms with Gasteiger partial charge in [0.2, 0.25) is 0 Å². The molecule has 0 saturated heterocycles. The Kier molecular flexibility index (Phi) is 4.41. The van der Waals surface area contributed by atoms with Gasteiger partial charge in [-0.15, -0.1) is 0 Å². The zero-order valence-corrected chi connectivity index (χ0v) is 14.8. The van der Waals surface area contributed by atoms with Gasteiger partial charge < -0.3 is 0 Å². The van der Waals surface area contributed by atoms with Crippen LogP contribution in [0, 0.1) is 17.2 Å². The number of hydrogen-bond acceptors (Lipinski definition) is 3. The van der Waals surface area contributed by atoms with E-state index in [9.17, 15) is 18.0 Å². The van der Waals surface area contributed by atoms with Crippen molar-refractivity contribution < 1.29 is 18.0 Å². The number of rotatable bonds is 1. The maximum Gasteiger partial charge on any atom is 0.417 e. The average molecular weight is 372 g/mol. The zero-order valence-electron chi connectivity index (χ0n) is 14.8. The van der Waals surface area contributed by atoms with Crippen LogP contribution >= 0.6 is 0 Å². The first kappa shape index (κ1) is 18.0. The van der Waals surface area contributed by atoms with Gasteiger partial charge in [-0.3, -0.25) is 9.79 Å². The summed E-state index contributed by atoms with van der Waals surface area (Å²) in [6.45, 7) is 0. The largest absolute Gasteiger partial charge is 0.417 e. The molecule has 0 amide bonds. The number of hydrogen-bond donors (Lipinski definition) is 0. The molecule has 0 spiro atoms. The van der Waals surface area contributed by atoms with Crippen molar-refractivity contribution >= 4 is 11.5 Å². The second-order valence-electron chi connectivity index (χ2n) is 7.48. The Morgan fingerprint density at radius 1 is 1.11 bits per heavy atom. The van der Waals surface area contributed by atoms with Gasteiger partial charge in [-0.05, 0) is 49.8 Å². The lowest BCUT2D eigenvalue weighted by Crippen LogP contribution is -2.34. The molecule has 1 aromatic rings. The minimum Gasteiger partial charge on any atom is -0.294 e. The first-order valence-electron chi connectivity index (χ1n) is 9.35. The highest BCUT2D eigenvalue weighted by molar-refractivity contribution is 6.02. The van der Waals surface area contributed by atoms with Gasteiger partial charge in [0.25, 0.3) is 0 Å². The van der Waals surface area contributed by atoms with Gasteiger partial charge in [0, 0.05) is 35.2 Å². The summed E-state index contributed by atoms with van der Waals surface area (Å²) in [7, 11) is 0. The van der Waals surface area contributed by atoms with Crippen molar-refractivity contribution in [3.05, 3.63) is 46.2 Å². The topological polar surface area (TPSA) is 53.2 Å². The SMILES string of the molecule is N#Cc1ccc(C2C3=C(CCCC3=O)N=C3CCCCC32)cc1C(F)(F)F. The number of nitrogens with zero attached hydrogens (tertiary/aromatic N) is 2. The number of alkyl halides is 3. The summed E-state index contributed by atoms with van der Waals surface area (Å²) >= 11 is 0. The molecule has 1 aliphatic heterocycles. The van der Waals surface area contributed by atoms with Crippen molar-refractivity contribution in [2.24, 2.45) is 10.9 Å². The maximum atomic E-state index is 13.5. The van der Waals surface area contributed by atoms with Crippen molar-refractivity contribution in [2.75, 3.05) is 0 Å². The second kappa shape index (κ2) is 6.63. The number of Topliss-reactive ketones (excluding diaryl/α,β-unsaturated/α-hetero) is 1. The molecule has 2 atom stereocenters. The van der Waals surface area contributed by atoms with Gasteiger partial charge in [-0.2, -0.15) is 18.4 Å². The molecule has 1 aromatic carbocycles. The quantitative estimate of drug-likeness (QED) is 0.671. The third kappa shape index (κ3) is 3.09. The normalized spacial score (nSPS) is 25.4. The number of aliphatic imine (C=N–C) groups is 1. The van der Waals surface area contributed by atoms with E-state index in [2.05, 4.69) is 0 Å². The lowest BCUT2D eigenvalue weighted by atomic mass is 9.67. The van der Waals surface area contributed by atoms with E-state index in [4.69, 9.17) is 10.3 Å². The Morgan fingerprint density at radius 2 is 1.93 bits per heavy atom. The summed E-state index contributed by atoms with van der Waals surface area (Å²) in [4.78, 5) is 17.4. The van der Waals surface area contributed by atoms with Crippen LogP contribution in [0.4, 0.5) is 13.2 Å². The summed E-state index contributed by atoms with van der Waals surface area (Å²) in [5, 5.41) is 9.07. The fourth-order valence-electron chi connectivity index (χ4n) is 4.70. The summed E-state index contributed by atoms with van der Waals surface area (Å²) in [5.41, 5.74) is 1.56. The molecule has 0 N–H and O–H groups in total. The van der Waals surface area contributed by atoms with Crippen LogP contribution in [0.1, 0.15) is 67.6 Å². The minimum atomic E-state index is -4.60. The molecular formula is C21H19F3N2O. The molecule has 27 heavy (non-hydrogen) atoms. The van der Waals surface area contributed by atoms with Gasteiger partial charge in [0.1, 0.15) is 0 Å². The van der Waals surface area contributed by atoms with Gasteiger partial charge in [0.05, 0.1) is 17.2 Å². The van der Waals surface area contributed by atoms with Crippen LogP contribution in [-0.4, -0.2) is 11.5 Å². The maximum absolute atomic E-state index is 13.5. The summed E-state index contributed by atoms with van der Waals surface area (Å²) in [6.07, 6.45) is 0.953. The van der Waals surface area contributed by atoms with Crippen LogP contribution in [0.25, 0.3) is 0 Å². The van der Waals surface area contributed by atoms with Gasteiger partial charge in [-0.1, -0.05) is 12.5 Å². The number of halogens is 3. The Bertz CT molecular complexity index is 905. The molecule has 3 nitrogen and oxygen atoms in total. The first-order chi connectivity index (χ1) is 12.9. The number of allylic oxidation sites excluding steroid dienone is 2. The molecule has 2 aliphatic carbocycles. The van der Waals surface area contributed by atoms with E-state index in [0.29, 0.717) is 24.0 Å². The number of benzene rings is 1. The van der Waals surface area contributed by atoms with E-state index in [1.165, 1.54) is 6.07 Å². The Hall–Kier alpha value is -2.42. The number of fused-ring (bicyclic) bond motifs is 1. The molecule has 2 unspecified atom stereocenters. The molecule has 1 saturated carbocycles. The number of carbonyl (C=O) groups is 1. The van der Waals surface area contributed by atoms with Crippen LogP contribution < -0.4 is 0 Å². The minimum absolute atomic E-state index is 0.00698. The first-order valence-corrected chi connectivity index (χ1v) is 9.35. The van der Waals surface area contributed by atoms with Crippen LogP contribution in [0.3, 0.4) is 0 Å². The highest BCUT2D eigenvalue weighted by atomic mass is 19.4. The van der Waals surface area contributed by atoms with Crippen molar-refractivity contribution in [1.29, 1.82) is 5.26 Å². The molecule has 4 rings (SSSR count). The van der Waals surface area contributed by atoms with Gasteiger partial charge >= 0.3 is 6.18 Å². The monoisotopic (exact) mass is 372 g/mol. The van der Waals surface area contributed by atoms with Crippen molar-refractivity contribution in [3.8, 4) is 6.07 Å². The predicted molar refractivity (Wildman–Crippen MR) is 94.2 cm³/mol. The number of ketones is 1. The van der Waals surface area contributed by atoms with Crippen LogP contribution in [0.2, 0.25) is 0 Å². The van der Waals surface area contributed by atoms with Crippen molar-refractivity contribution in [2.45, 2.75) is 57.0 Å².